The molecule has 168 valence electrons. The summed E-state index contributed by atoms with van der Waals surface area (Å²) in [5.74, 6) is -2.55. The standard InChI is InChI=1S/C23H20N4O6/c1-2-7-18(22(29)30)24-21(28)19-20(27-33-26-19)25-23(31)32-12-17-15-10-5-3-8-13(15)14-9-4-6-11-16(14)17/h2-6,8-11,17-18H,1,7,12H2,(H,24,28)(H,29,30)(H,25,27,31). The zero-order valence-corrected chi connectivity index (χ0v) is 17.4. The molecule has 10 nitrogen and oxygen atoms in total. The third-order valence-corrected chi connectivity index (χ3v) is 5.27. The molecule has 1 aliphatic carbocycles. The normalized spacial score (nSPS) is 12.8. The number of carbonyl (C=O) groups excluding carboxylic acids is 2. The van der Waals surface area contributed by atoms with Crippen molar-refractivity contribution in [2.45, 2.75) is 18.4 Å². The molecule has 33 heavy (non-hydrogen) atoms. The molecule has 3 aromatic rings. The van der Waals surface area contributed by atoms with Crippen molar-refractivity contribution in [2.24, 2.45) is 0 Å². The number of rotatable bonds is 8. The van der Waals surface area contributed by atoms with Crippen molar-refractivity contribution in [3.8, 4) is 11.1 Å². The summed E-state index contributed by atoms with van der Waals surface area (Å²) < 4.78 is 9.95. The number of anilines is 1. The van der Waals surface area contributed by atoms with Crippen LogP contribution in [-0.4, -0.2) is 46.0 Å². The van der Waals surface area contributed by atoms with Crippen LogP contribution >= 0.6 is 0 Å². The van der Waals surface area contributed by atoms with Gasteiger partial charge in [0, 0.05) is 5.92 Å². The summed E-state index contributed by atoms with van der Waals surface area (Å²) in [6, 6.07) is 14.6. The lowest BCUT2D eigenvalue weighted by molar-refractivity contribution is -0.139. The third-order valence-electron chi connectivity index (χ3n) is 5.27. The average Bonchev–Trinajstić information content (AvgIpc) is 3.40. The molecule has 1 atom stereocenters. The molecule has 4 rings (SSSR count). The second kappa shape index (κ2) is 9.35. The van der Waals surface area contributed by atoms with Crippen LogP contribution in [0.15, 0.2) is 65.8 Å². The largest absolute Gasteiger partial charge is 0.480 e. The lowest BCUT2D eigenvalue weighted by Gasteiger charge is -2.14. The predicted molar refractivity (Wildman–Crippen MR) is 117 cm³/mol. The van der Waals surface area contributed by atoms with Crippen LogP contribution in [-0.2, 0) is 9.53 Å². The summed E-state index contributed by atoms with van der Waals surface area (Å²) in [5.41, 5.74) is 3.91. The molecule has 1 unspecified atom stereocenters. The Hall–Kier alpha value is -4.47. The summed E-state index contributed by atoms with van der Waals surface area (Å²) in [6.07, 6.45) is 0.500. The van der Waals surface area contributed by atoms with Gasteiger partial charge < -0.3 is 15.2 Å². The number of carboxylic acid groups (broad SMARTS) is 1. The van der Waals surface area contributed by atoms with Crippen LogP contribution in [0.25, 0.3) is 11.1 Å². The Morgan fingerprint density at radius 1 is 1.09 bits per heavy atom. The first-order valence-corrected chi connectivity index (χ1v) is 10.1. The van der Waals surface area contributed by atoms with Crippen LogP contribution in [0.2, 0.25) is 0 Å². The first-order valence-electron chi connectivity index (χ1n) is 10.1. The highest BCUT2D eigenvalue weighted by Crippen LogP contribution is 2.44. The van der Waals surface area contributed by atoms with E-state index in [1.54, 1.807) is 0 Å². The summed E-state index contributed by atoms with van der Waals surface area (Å²) in [6.45, 7) is 3.52. The van der Waals surface area contributed by atoms with Gasteiger partial charge in [0.25, 0.3) is 5.91 Å². The van der Waals surface area contributed by atoms with Crippen LogP contribution < -0.4 is 10.6 Å². The number of nitrogens with one attached hydrogen (secondary N) is 2. The van der Waals surface area contributed by atoms with Crippen molar-refractivity contribution in [1.29, 1.82) is 0 Å². The van der Waals surface area contributed by atoms with E-state index in [1.165, 1.54) is 6.08 Å². The molecule has 2 aromatic carbocycles. The van der Waals surface area contributed by atoms with E-state index in [1.807, 2.05) is 48.5 Å². The van der Waals surface area contributed by atoms with Crippen molar-refractivity contribution in [2.75, 3.05) is 11.9 Å². The lowest BCUT2D eigenvalue weighted by Crippen LogP contribution is -2.40. The number of amides is 2. The van der Waals surface area contributed by atoms with Gasteiger partial charge in [-0.05, 0) is 39.0 Å². The SMILES string of the molecule is C=CCC(NC(=O)c1nonc1NC(=O)OCC1c2ccccc2-c2ccccc21)C(=O)O. The fourth-order valence-electron chi connectivity index (χ4n) is 3.77. The van der Waals surface area contributed by atoms with Crippen LogP contribution in [0.3, 0.4) is 0 Å². The fourth-order valence-corrected chi connectivity index (χ4v) is 3.77. The summed E-state index contributed by atoms with van der Waals surface area (Å²) in [7, 11) is 0. The van der Waals surface area contributed by atoms with Gasteiger partial charge in [-0.2, -0.15) is 0 Å². The van der Waals surface area contributed by atoms with Gasteiger partial charge in [0.2, 0.25) is 11.5 Å². The van der Waals surface area contributed by atoms with Crippen molar-refractivity contribution in [1.82, 2.24) is 15.6 Å². The van der Waals surface area contributed by atoms with Gasteiger partial charge in [-0.15, -0.1) is 6.58 Å². The number of hydrogen-bond donors (Lipinski definition) is 3. The van der Waals surface area contributed by atoms with Crippen molar-refractivity contribution >= 4 is 23.8 Å². The molecule has 0 fully saturated rings. The molecule has 2 amide bonds. The van der Waals surface area contributed by atoms with Gasteiger partial charge in [-0.1, -0.05) is 54.6 Å². The molecule has 0 bridgehead atoms. The number of carboxylic acids is 1. The summed E-state index contributed by atoms with van der Waals surface area (Å²) >= 11 is 0. The van der Waals surface area contributed by atoms with E-state index in [0.717, 1.165) is 22.3 Å². The number of hydrogen-bond acceptors (Lipinski definition) is 7. The number of aliphatic carboxylic acids is 1. The molecular weight excluding hydrogens is 428 g/mol. The first kappa shape index (κ1) is 21.8. The second-order valence-electron chi connectivity index (χ2n) is 7.30. The minimum absolute atomic E-state index is 0.00148. The Morgan fingerprint density at radius 2 is 1.73 bits per heavy atom. The minimum Gasteiger partial charge on any atom is -0.480 e. The van der Waals surface area contributed by atoms with Gasteiger partial charge in [-0.25, -0.2) is 14.2 Å². The van der Waals surface area contributed by atoms with Gasteiger partial charge in [0.1, 0.15) is 12.6 Å². The van der Waals surface area contributed by atoms with E-state index >= 15 is 0 Å². The smallest absolute Gasteiger partial charge is 0.412 e. The van der Waals surface area contributed by atoms with Crippen molar-refractivity contribution in [3.05, 3.63) is 78.0 Å². The summed E-state index contributed by atoms with van der Waals surface area (Å²) in [5, 5.41) is 20.7. The van der Waals surface area contributed by atoms with E-state index in [4.69, 9.17) is 9.84 Å². The van der Waals surface area contributed by atoms with Gasteiger partial charge >= 0.3 is 12.1 Å². The summed E-state index contributed by atoms with van der Waals surface area (Å²) in [4.78, 5) is 36.0. The Labute approximate surface area is 188 Å². The van der Waals surface area contributed by atoms with E-state index in [9.17, 15) is 14.4 Å². The Kier molecular flexibility index (Phi) is 6.16. The van der Waals surface area contributed by atoms with Crippen LogP contribution in [0.1, 0.15) is 34.0 Å². The molecule has 10 heteroatoms. The van der Waals surface area contributed by atoms with Crippen LogP contribution in [0, 0.1) is 0 Å². The maximum atomic E-state index is 12.4. The number of aromatic nitrogens is 2. The van der Waals surface area contributed by atoms with E-state index < -0.39 is 24.0 Å². The van der Waals surface area contributed by atoms with E-state index in [2.05, 4.69) is 32.2 Å². The number of ether oxygens (including phenoxy) is 1. The lowest BCUT2D eigenvalue weighted by atomic mass is 9.98. The highest BCUT2D eigenvalue weighted by molar-refractivity contribution is 6.01. The topological polar surface area (TPSA) is 144 Å². The quantitative estimate of drug-likeness (QED) is 0.446. The fraction of sp³-hybridized carbons (Fsp3) is 0.174. The van der Waals surface area contributed by atoms with Crippen LogP contribution in [0.4, 0.5) is 10.6 Å². The predicted octanol–water partition coefficient (Wildman–Crippen LogP) is 3.19. The zero-order chi connectivity index (χ0) is 23.4. The molecule has 0 aliphatic heterocycles. The number of carbonyl (C=O) groups is 3. The van der Waals surface area contributed by atoms with Gasteiger partial charge in [0.05, 0.1) is 0 Å². The van der Waals surface area contributed by atoms with Crippen molar-refractivity contribution < 1.29 is 28.9 Å². The Balaban J connectivity index is 1.42. The van der Waals surface area contributed by atoms with Crippen molar-refractivity contribution in [3.63, 3.8) is 0 Å². The van der Waals surface area contributed by atoms with Crippen LogP contribution in [0.5, 0.6) is 0 Å². The Morgan fingerprint density at radius 3 is 2.33 bits per heavy atom. The maximum absolute atomic E-state index is 12.4. The molecule has 0 radical (unpaired) electrons. The highest BCUT2D eigenvalue weighted by Gasteiger charge is 2.30. The maximum Gasteiger partial charge on any atom is 0.412 e. The number of nitrogens with zero attached hydrogens (tertiary/aromatic N) is 2. The second-order valence-corrected chi connectivity index (χ2v) is 7.30. The number of benzene rings is 2. The van der Waals surface area contributed by atoms with Gasteiger partial charge in [-0.3, -0.25) is 10.1 Å². The van der Waals surface area contributed by atoms with E-state index in [-0.39, 0.29) is 30.5 Å². The number of fused-ring (bicyclic) bond motifs is 3. The molecule has 1 aliphatic rings. The third kappa shape index (κ3) is 4.45. The first-order chi connectivity index (χ1) is 16.0. The molecule has 1 heterocycles. The molecular formula is C23H20N4O6. The monoisotopic (exact) mass is 448 g/mol. The molecule has 1 aromatic heterocycles. The Bertz CT molecular complexity index is 1180. The average molecular weight is 448 g/mol. The molecule has 0 spiro atoms. The molecule has 0 saturated heterocycles. The zero-order valence-electron chi connectivity index (χ0n) is 17.4. The highest BCUT2D eigenvalue weighted by atomic mass is 16.6. The molecule has 3 N–H and O–H groups in total. The van der Waals surface area contributed by atoms with E-state index in [0.29, 0.717) is 0 Å². The molecule has 0 saturated carbocycles. The minimum atomic E-state index is -1.24. The van der Waals surface area contributed by atoms with Gasteiger partial charge in [0.15, 0.2) is 0 Å².